The summed E-state index contributed by atoms with van der Waals surface area (Å²) in [4.78, 5) is 8.04. The van der Waals surface area contributed by atoms with E-state index in [-0.39, 0.29) is 11.8 Å². The van der Waals surface area contributed by atoms with Crippen LogP contribution >= 0.6 is 0 Å². The van der Waals surface area contributed by atoms with Crippen molar-refractivity contribution in [2.75, 3.05) is 18.4 Å². The summed E-state index contributed by atoms with van der Waals surface area (Å²) in [5, 5.41) is 18.9. The Kier molecular flexibility index (Phi) is 3.98. The molecule has 0 atom stereocenters. The summed E-state index contributed by atoms with van der Waals surface area (Å²) in [6.07, 6.45) is 3.03. The van der Waals surface area contributed by atoms with E-state index >= 15 is 0 Å². The number of nitrogens with zero attached hydrogens (tertiary/aromatic N) is 4. The molecule has 1 aliphatic rings. The van der Waals surface area contributed by atoms with Gasteiger partial charge in [-0.25, -0.2) is 9.97 Å². The van der Waals surface area contributed by atoms with Crippen molar-refractivity contribution in [1.82, 2.24) is 20.4 Å². The van der Waals surface area contributed by atoms with E-state index in [0.29, 0.717) is 17.4 Å². The highest BCUT2D eigenvalue weighted by Crippen LogP contribution is 2.32. The molecule has 0 spiro atoms. The number of anilines is 2. The molecule has 1 saturated heterocycles. The van der Waals surface area contributed by atoms with Crippen LogP contribution < -0.4 is 15.4 Å². The Morgan fingerprint density at radius 3 is 2.80 bits per heavy atom. The van der Waals surface area contributed by atoms with Gasteiger partial charge < -0.3 is 19.9 Å². The number of nitrogens with one attached hydrogen (secondary N) is 2. The maximum absolute atomic E-state index is 8.74. The van der Waals surface area contributed by atoms with Crippen molar-refractivity contribution in [3.8, 4) is 23.1 Å². The third kappa shape index (κ3) is 3.27. The molecule has 25 heavy (non-hydrogen) atoms. The summed E-state index contributed by atoms with van der Waals surface area (Å²) < 4.78 is 11.4. The van der Waals surface area contributed by atoms with Crippen LogP contribution in [0, 0.1) is 11.3 Å². The lowest BCUT2D eigenvalue weighted by Gasteiger charge is -2.28. The van der Waals surface area contributed by atoms with Gasteiger partial charge >= 0.3 is 0 Å². The first-order valence-corrected chi connectivity index (χ1v) is 7.74. The molecule has 0 aliphatic carbocycles. The average molecular weight is 334 g/mol. The monoisotopic (exact) mass is 334 g/mol. The van der Waals surface area contributed by atoms with Crippen molar-refractivity contribution in [3.63, 3.8) is 0 Å². The number of hydrogen-bond acceptors (Lipinski definition) is 8. The van der Waals surface area contributed by atoms with Gasteiger partial charge in [0.1, 0.15) is 23.7 Å². The van der Waals surface area contributed by atoms with Crippen LogP contribution in [-0.4, -0.2) is 34.3 Å². The summed E-state index contributed by atoms with van der Waals surface area (Å²) in [7, 11) is 0. The van der Waals surface area contributed by atoms with Crippen molar-refractivity contribution in [2.24, 2.45) is 0 Å². The molecule has 8 heteroatoms. The standard InChI is InChI=1S/C17H14N6O2/c18-6-11-7-21-17(10-20-11)22-16-5-15(25-23-16)13-3-1-2-4-14(13)24-12-8-19-9-12/h1-5,7,10,12,19H,8-9H2,(H,21,22,23). The zero-order valence-corrected chi connectivity index (χ0v) is 13.1. The molecular formula is C17H14N6O2. The molecule has 0 saturated carbocycles. The molecule has 8 nitrogen and oxygen atoms in total. The highest BCUT2D eigenvalue weighted by molar-refractivity contribution is 5.68. The van der Waals surface area contributed by atoms with Crippen LogP contribution in [0.15, 0.2) is 47.2 Å². The van der Waals surface area contributed by atoms with Gasteiger partial charge in [-0.05, 0) is 12.1 Å². The SMILES string of the molecule is N#Cc1cnc(Nc2cc(-c3ccccc3OC3CNC3)on2)cn1. The molecule has 1 aliphatic heterocycles. The van der Waals surface area contributed by atoms with Gasteiger partial charge in [-0.1, -0.05) is 17.3 Å². The van der Waals surface area contributed by atoms with Crippen LogP contribution in [0.3, 0.4) is 0 Å². The first kappa shape index (κ1) is 15.1. The first-order chi connectivity index (χ1) is 12.3. The second-order valence-corrected chi connectivity index (χ2v) is 5.49. The van der Waals surface area contributed by atoms with Gasteiger partial charge in [-0.15, -0.1) is 0 Å². The van der Waals surface area contributed by atoms with E-state index in [2.05, 4.69) is 25.8 Å². The van der Waals surface area contributed by atoms with E-state index in [1.54, 1.807) is 6.07 Å². The van der Waals surface area contributed by atoms with Crippen LogP contribution in [0.2, 0.25) is 0 Å². The highest BCUT2D eigenvalue weighted by atomic mass is 16.5. The van der Waals surface area contributed by atoms with Gasteiger partial charge in [-0.2, -0.15) is 5.26 Å². The average Bonchev–Trinajstić information content (AvgIpc) is 3.07. The number of aromatic nitrogens is 3. The molecule has 0 bridgehead atoms. The molecule has 1 aromatic carbocycles. The van der Waals surface area contributed by atoms with E-state index in [1.807, 2.05) is 30.3 Å². The Morgan fingerprint density at radius 2 is 2.08 bits per heavy atom. The third-order valence-electron chi connectivity index (χ3n) is 3.72. The smallest absolute Gasteiger partial charge is 0.175 e. The van der Waals surface area contributed by atoms with Crippen LogP contribution in [0.5, 0.6) is 5.75 Å². The maximum Gasteiger partial charge on any atom is 0.175 e. The number of rotatable bonds is 5. The largest absolute Gasteiger partial charge is 0.487 e. The molecule has 124 valence electrons. The van der Waals surface area contributed by atoms with Crippen LogP contribution in [-0.2, 0) is 0 Å². The van der Waals surface area contributed by atoms with Crippen molar-refractivity contribution >= 4 is 11.6 Å². The van der Waals surface area contributed by atoms with E-state index in [4.69, 9.17) is 14.5 Å². The molecule has 2 aromatic heterocycles. The number of para-hydroxylation sites is 1. The normalized spacial score (nSPS) is 13.7. The molecule has 1 fully saturated rings. The lowest BCUT2D eigenvalue weighted by atomic mass is 10.1. The fourth-order valence-corrected chi connectivity index (χ4v) is 2.34. The summed E-state index contributed by atoms with van der Waals surface area (Å²) in [5.41, 5.74) is 1.09. The minimum Gasteiger partial charge on any atom is -0.487 e. The second kappa shape index (κ2) is 6.59. The lowest BCUT2D eigenvalue weighted by Crippen LogP contribution is -2.50. The molecule has 3 heterocycles. The summed E-state index contributed by atoms with van der Waals surface area (Å²) in [6.45, 7) is 1.68. The maximum atomic E-state index is 8.74. The van der Waals surface area contributed by atoms with Crippen molar-refractivity contribution < 1.29 is 9.26 Å². The first-order valence-electron chi connectivity index (χ1n) is 7.74. The number of nitriles is 1. The van der Waals surface area contributed by atoms with E-state index < -0.39 is 0 Å². The molecule has 0 radical (unpaired) electrons. The van der Waals surface area contributed by atoms with Gasteiger partial charge in [0.15, 0.2) is 17.3 Å². The lowest BCUT2D eigenvalue weighted by molar-refractivity contribution is 0.142. The number of ether oxygens (including phenoxy) is 1. The second-order valence-electron chi connectivity index (χ2n) is 5.49. The fourth-order valence-electron chi connectivity index (χ4n) is 2.34. The summed E-state index contributed by atoms with van der Waals surface area (Å²) in [5.74, 6) is 2.32. The van der Waals surface area contributed by atoms with Gasteiger partial charge in [0.05, 0.1) is 18.0 Å². The zero-order valence-electron chi connectivity index (χ0n) is 13.1. The Labute approximate surface area is 143 Å². The molecule has 0 amide bonds. The third-order valence-corrected chi connectivity index (χ3v) is 3.72. The molecule has 2 N–H and O–H groups in total. The zero-order chi connectivity index (χ0) is 17.1. The van der Waals surface area contributed by atoms with Gasteiger partial charge in [-0.3, -0.25) is 0 Å². The number of hydrogen-bond donors (Lipinski definition) is 2. The minimum atomic E-state index is 0.176. The molecule has 0 unspecified atom stereocenters. The summed E-state index contributed by atoms with van der Waals surface area (Å²) in [6, 6.07) is 11.4. The van der Waals surface area contributed by atoms with Crippen molar-refractivity contribution in [3.05, 3.63) is 48.4 Å². The minimum absolute atomic E-state index is 0.176. The summed E-state index contributed by atoms with van der Waals surface area (Å²) >= 11 is 0. The Balaban J connectivity index is 1.53. The Morgan fingerprint density at radius 1 is 1.20 bits per heavy atom. The molecule has 3 aromatic rings. The fraction of sp³-hybridized carbons (Fsp3) is 0.176. The molecule has 4 rings (SSSR count). The topological polar surface area (TPSA) is 109 Å². The predicted octanol–water partition coefficient (Wildman–Crippen LogP) is 2.10. The van der Waals surface area contributed by atoms with Crippen LogP contribution in [0.4, 0.5) is 11.6 Å². The Bertz CT molecular complexity index is 911. The highest BCUT2D eigenvalue weighted by Gasteiger charge is 2.21. The van der Waals surface area contributed by atoms with Crippen LogP contribution in [0.1, 0.15) is 5.69 Å². The van der Waals surface area contributed by atoms with E-state index in [0.717, 1.165) is 24.4 Å². The molecular weight excluding hydrogens is 320 g/mol. The van der Waals surface area contributed by atoms with Crippen molar-refractivity contribution in [2.45, 2.75) is 6.10 Å². The number of benzene rings is 1. The predicted molar refractivity (Wildman–Crippen MR) is 89.3 cm³/mol. The quantitative estimate of drug-likeness (QED) is 0.730. The van der Waals surface area contributed by atoms with E-state index in [9.17, 15) is 0 Å². The van der Waals surface area contributed by atoms with Crippen LogP contribution in [0.25, 0.3) is 11.3 Å². The Hall–Kier alpha value is -3.44. The van der Waals surface area contributed by atoms with E-state index in [1.165, 1.54) is 12.4 Å². The van der Waals surface area contributed by atoms with Gasteiger partial charge in [0.2, 0.25) is 0 Å². The van der Waals surface area contributed by atoms with Gasteiger partial charge in [0, 0.05) is 19.2 Å². The van der Waals surface area contributed by atoms with Crippen molar-refractivity contribution in [1.29, 1.82) is 5.26 Å². The van der Waals surface area contributed by atoms with Gasteiger partial charge in [0.25, 0.3) is 0 Å².